The van der Waals surface area contributed by atoms with Crippen LogP contribution in [0.3, 0.4) is 0 Å². The van der Waals surface area contributed by atoms with E-state index in [9.17, 15) is 19.7 Å². The Morgan fingerprint density at radius 1 is 1.45 bits per heavy atom. The zero-order valence-electron chi connectivity index (χ0n) is 10.8. The van der Waals surface area contributed by atoms with Gasteiger partial charge in [0.05, 0.1) is 4.92 Å². The molecule has 0 radical (unpaired) electrons. The van der Waals surface area contributed by atoms with Gasteiger partial charge in [0.1, 0.15) is 11.4 Å². The Kier molecular flexibility index (Phi) is 4.42. The fourth-order valence-corrected chi connectivity index (χ4v) is 1.55. The number of anilines is 1. The first-order valence-corrected chi connectivity index (χ1v) is 5.49. The summed E-state index contributed by atoms with van der Waals surface area (Å²) in [5.41, 5.74) is 5.64. The number of nitrogens with zero attached hydrogens (tertiary/aromatic N) is 1. The first-order chi connectivity index (χ1) is 9.22. The molecule has 0 saturated heterocycles. The van der Waals surface area contributed by atoms with Gasteiger partial charge < -0.3 is 16.2 Å². The van der Waals surface area contributed by atoms with Crippen LogP contribution in [0, 0.1) is 17.0 Å². The summed E-state index contributed by atoms with van der Waals surface area (Å²) in [6.45, 7) is 2.79. The molecule has 4 N–H and O–H groups in total. The minimum Gasteiger partial charge on any atom is -0.477 e. The number of carboxylic acid groups (broad SMARTS) is 1. The Morgan fingerprint density at radius 2 is 2.05 bits per heavy atom. The third-order valence-electron chi connectivity index (χ3n) is 2.45. The van der Waals surface area contributed by atoms with E-state index < -0.39 is 16.8 Å². The van der Waals surface area contributed by atoms with Gasteiger partial charge in [0.25, 0.3) is 5.69 Å². The summed E-state index contributed by atoms with van der Waals surface area (Å²) in [7, 11) is 0. The third-order valence-corrected chi connectivity index (χ3v) is 2.45. The van der Waals surface area contributed by atoms with Crippen LogP contribution in [-0.2, 0) is 9.59 Å². The number of carboxylic acids is 1. The van der Waals surface area contributed by atoms with E-state index in [0.29, 0.717) is 5.56 Å². The molecule has 1 rings (SSSR count). The molecule has 1 amide bonds. The fraction of sp³-hybridized carbons (Fsp3) is 0.167. The Hall–Kier alpha value is -2.90. The number of hydrogen-bond acceptors (Lipinski definition) is 5. The van der Waals surface area contributed by atoms with Gasteiger partial charge in [0.15, 0.2) is 0 Å². The Labute approximate surface area is 114 Å². The summed E-state index contributed by atoms with van der Waals surface area (Å²) >= 11 is 0. The zero-order chi connectivity index (χ0) is 15.4. The number of nitrogens with one attached hydrogen (secondary N) is 1. The van der Waals surface area contributed by atoms with Crippen molar-refractivity contribution < 1.29 is 19.6 Å². The number of amides is 1. The summed E-state index contributed by atoms with van der Waals surface area (Å²) in [5, 5.41) is 21.9. The maximum Gasteiger partial charge on any atom is 0.352 e. The van der Waals surface area contributed by atoms with Crippen LogP contribution in [0.25, 0.3) is 6.08 Å². The smallest absolute Gasteiger partial charge is 0.352 e. The van der Waals surface area contributed by atoms with E-state index in [0.717, 1.165) is 19.1 Å². The highest BCUT2D eigenvalue weighted by atomic mass is 16.6. The Morgan fingerprint density at radius 3 is 2.50 bits per heavy atom. The van der Waals surface area contributed by atoms with Crippen LogP contribution in [0.1, 0.15) is 18.1 Å². The van der Waals surface area contributed by atoms with Crippen LogP contribution in [0.2, 0.25) is 0 Å². The number of aryl methyl sites for hydroxylation is 1. The standard InChI is InChI=1S/C12H13N3O5/c1-6-3-9(13)11(15(19)20)5-8(6)4-10(12(17)18)14-7(2)16/h3-5H,13H2,1-2H3,(H,14,16)(H,17,18). The molecule has 20 heavy (non-hydrogen) atoms. The molecule has 0 aliphatic rings. The molecule has 0 aromatic heterocycles. The van der Waals surface area contributed by atoms with Crippen LogP contribution in [0.15, 0.2) is 17.8 Å². The number of carbonyl (C=O) groups is 2. The van der Waals surface area contributed by atoms with Crippen LogP contribution >= 0.6 is 0 Å². The SMILES string of the molecule is CC(=O)NC(=Cc1cc([N+](=O)[O-])c(N)cc1C)C(=O)O. The van der Waals surface area contributed by atoms with Crippen molar-refractivity contribution in [3.05, 3.63) is 39.1 Å². The molecule has 0 aliphatic heterocycles. The quantitative estimate of drug-likeness (QED) is 0.326. The van der Waals surface area contributed by atoms with Gasteiger partial charge in [0, 0.05) is 13.0 Å². The highest BCUT2D eigenvalue weighted by molar-refractivity contribution is 5.96. The van der Waals surface area contributed by atoms with Gasteiger partial charge in [0.2, 0.25) is 5.91 Å². The van der Waals surface area contributed by atoms with Crippen molar-refractivity contribution in [2.45, 2.75) is 13.8 Å². The Balaban J connectivity index is 3.37. The van der Waals surface area contributed by atoms with E-state index in [-0.39, 0.29) is 22.6 Å². The molecule has 0 atom stereocenters. The zero-order valence-corrected chi connectivity index (χ0v) is 10.8. The summed E-state index contributed by atoms with van der Waals surface area (Å²) in [6, 6.07) is 2.53. The lowest BCUT2D eigenvalue weighted by Crippen LogP contribution is -2.24. The first kappa shape index (κ1) is 15.2. The maximum absolute atomic E-state index is 11.0. The maximum atomic E-state index is 11.0. The molecule has 0 saturated carbocycles. The molecule has 8 heteroatoms. The highest BCUT2D eigenvalue weighted by Gasteiger charge is 2.15. The van der Waals surface area contributed by atoms with Crippen molar-refractivity contribution in [3.8, 4) is 0 Å². The molecule has 0 unspecified atom stereocenters. The number of nitrogens with two attached hydrogens (primary N) is 1. The summed E-state index contributed by atoms with van der Waals surface area (Å²) in [6.07, 6.45) is 1.14. The predicted octanol–water partition coefficient (Wildman–Crippen LogP) is 1.05. The van der Waals surface area contributed by atoms with E-state index in [1.807, 2.05) is 0 Å². The molecule has 0 heterocycles. The van der Waals surface area contributed by atoms with Crippen molar-refractivity contribution in [2.24, 2.45) is 0 Å². The van der Waals surface area contributed by atoms with Gasteiger partial charge in [-0.25, -0.2) is 4.79 Å². The lowest BCUT2D eigenvalue weighted by Gasteiger charge is -2.06. The van der Waals surface area contributed by atoms with Gasteiger partial charge in [-0.2, -0.15) is 0 Å². The lowest BCUT2D eigenvalue weighted by molar-refractivity contribution is -0.383. The number of nitro groups is 1. The average Bonchev–Trinajstić information content (AvgIpc) is 2.30. The van der Waals surface area contributed by atoms with Crippen molar-refractivity contribution in [1.82, 2.24) is 5.32 Å². The van der Waals surface area contributed by atoms with Gasteiger partial charge >= 0.3 is 5.97 Å². The minimum atomic E-state index is -1.35. The largest absolute Gasteiger partial charge is 0.477 e. The third kappa shape index (κ3) is 3.55. The topological polar surface area (TPSA) is 136 Å². The molecule has 0 fully saturated rings. The molecule has 0 aliphatic carbocycles. The van der Waals surface area contributed by atoms with Crippen LogP contribution in [-0.4, -0.2) is 21.9 Å². The second kappa shape index (κ2) is 5.83. The molecule has 1 aromatic carbocycles. The number of nitro benzene ring substituents is 1. The van der Waals surface area contributed by atoms with Crippen molar-refractivity contribution in [1.29, 1.82) is 0 Å². The normalized spacial score (nSPS) is 11.0. The van der Waals surface area contributed by atoms with Crippen LogP contribution in [0.4, 0.5) is 11.4 Å². The molecular formula is C12H13N3O5. The second-order valence-electron chi connectivity index (χ2n) is 4.07. The van der Waals surface area contributed by atoms with Gasteiger partial charge in [-0.3, -0.25) is 14.9 Å². The molecule has 0 spiro atoms. The fourth-order valence-electron chi connectivity index (χ4n) is 1.55. The number of rotatable bonds is 4. The van der Waals surface area contributed by atoms with Crippen molar-refractivity contribution in [2.75, 3.05) is 5.73 Å². The molecule has 8 nitrogen and oxygen atoms in total. The van der Waals surface area contributed by atoms with Gasteiger partial charge in [-0.05, 0) is 30.2 Å². The molecule has 1 aromatic rings. The predicted molar refractivity (Wildman–Crippen MR) is 71.7 cm³/mol. The average molecular weight is 279 g/mol. The number of nitrogen functional groups attached to an aromatic ring is 1. The molecular weight excluding hydrogens is 266 g/mol. The van der Waals surface area contributed by atoms with E-state index in [4.69, 9.17) is 10.8 Å². The second-order valence-corrected chi connectivity index (χ2v) is 4.07. The van der Waals surface area contributed by atoms with Gasteiger partial charge in [-0.1, -0.05) is 0 Å². The number of benzene rings is 1. The van der Waals surface area contributed by atoms with E-state index in [1.165, 1.54) is 6.07 Å². The van der Waals surface area contributed by atoms with E-state index in [2.05, 4.69) is 5.32 Å². The minimum absolute atomic E-state index is 0.0129. The highest BCUT2D eigenvalue weighted by Crippen LogP contribution is 2.26. The van der Waals surface area contributed by atoms with E-state index >= 15 is 0 Å². The summed E-state index contributed by atoms with van der Waals surface area (Å²) < 4.78 is 0. The monoisotopic (exact) mass is 279 g/mol. The number of carbonyl (C=O) groups excluding carboxylic acids is 1. The summed E-state index contributed by atoms with van der Waals surface area (Å²) in [4.78, 5) is 32.1. The molecule has 0 bridgehead atoms. The Bertz CT molecular complexity index is 622. The van der Waals surface area contributed by atoms with E-state index in [1.54, 1.807) is 6.92 Å². The van der Waals surface area contributed by atoms with Crippen molar-refractivity contribution >= 4 is 29.3 Å². The molecule has 106 valence electrons. The number of aliphatic carboxylic acids is 1. The van der Waals surface area contributed by atoms with Crippen LogP contribution < -0.4 is 11.1 Å². The lowest BCUT2D eigenvalue weighted by atomic mass is 10.1. The first-order valence-electron chi connectivity index (χ1n) is 5.49. The van der Waals surface area contributed by atoms with Gasteiger partial charge in [-0.15, -0.1) is 0 Å². The summed E-state index contributed by atoms with van der Waals surface area (Å²) in [5.74, 6) is -1.90. The van der Waals surface area contributed by atoms with Crippen LogP contribution in [0.5, 0.6) is 0 Å². The number of hydrogen-bond donors (Lipinski definition) is 3. The van der Waals surface area contributed by atoms with Crippen molar-refractivity contribution in [3.63, 3.8) is 0 Å².